The van der Waals surface area contributed by atoms with Crippen LogP contribution in [-0.4, -0.2) is 57.2 Å². The number of methoxy groups -OCH3 is 2. The Morgan fingerprint density at radius 1 is 1.21 bits per heavy atom. The molecule has 1 N–H and O–H groups in total. The number of piperidine rings is 1. The van der Waals surface area contributed by atoms with Crippen LogP contribution in [0.15, 0.2) is 12.1 Å². The van der Waals surface area contributed by atoms with Crippen LogP contribution in [0.3, 0.4) is 0 Å². The topological polar surface area (TPSA) is 77.1 Å². The summed E-state index contributed by atoms with van der Waals surface area (Å²) < 4.78 is 29.8. The molecule has 2 atom stereocenters. The summed E-state index contributed by atoms with van der Waals surface area (Å²) in [7, 11) is 2.80. The molecule has 2 aliphatic heterocycles. The van der Waals surface area contributed by atoms with E-state index in [9.17, 15) is 14.0 Å². The predicted octanol–water partition coefficient (Wildman–Crippen LogP) is 2.45. The van der Waals surface area contributed by atoms with Crippen molar-refractivity contribution in [1.29, 1.82) is 0 Å². The molecule has 1 aromatic rings. The molecule has 8 heteroatoms. The highest BCUT2D eigenvalue weighted by atomic mass is 19.1. The van der Waals surface area contributed by atoms with Crippen LogP contribution < -0.4 is 14.8 Å². The molecule has 2 fully saturated rings. The summed E-state index contributed by atoms with van der Waals surface area (Å²) in [6.45, 7) is 2.68. The third kappa shape index (κ3) is 4.73. The Balaban J connectivity index is 1.61. The summed E-state index contributed by atoms with van der Waals surface area (Å²) in [6, 6.07) is 2.41. The number of nitrogens with one attached hydrogen (secondary N) is 1. The van der Waals surface area contributed by atoms with Crippen molar-refractivity contribution in [2.45, 2.75) is 25.7 Å². The molecule has 2 amide bonds. The summed E-state index contributed by atoms with van der Waals surface area (Å²) in [4.78, 5) is 26.6. The second kappa shape index (κ2) is 9.23. The second-order valence-corrected chi connectivity index (χ2v) is 7.37. The van der Waals surface area contributed by atoms with Crippen molar-refractivity contribution in [2.24, 2.45) is 11.8 Å². The molecule has 0 radical (unpaired) electrons. The maximum Gasteiger partial charge on any atom is 0.313 e. The molecule has 28 heavy (non-hydrogen) atoms. The van der Waals surface area contributed by atoms with Gasteiger partial charge in [-0.1, -0.05) is 0 Å². The molecular weight excluding hydrogens is 367 g/mol. The lowest BCUT2D eigenvalue weighted by atomic mass is 9.88. The average molecular weight is 394 g/mol. The van der Waals surface area contributed by atoms with Crippen molar-refractivity contribution >= 4 is 17.5 Å². The van der Waals surface area contributed by atoms with E-state index >= 15 is 0 Å². The van der Waals surface area contributed by atoms with Gasteiger partial charge in [0.15, 0.2) is 17.3 Å². The van der Waals surface area contributed by atoms with Crippen LogP contribution in [0.4, 0.5) is 10.1 Å². The standard InChI is InChI=1S/C20H27FN2O5/c1-26-17-9-15(21)16(10-18(17)27-2)22-19(24)20(25)23-6-3-4-13(11-23)8-14-5-7-28-12-14/h9-10,13-14H,3-8,11-12H2,1-2H3,(H,22,24). The van der Waals surface area contributed by atoms with Gasteiger partial charge in [-0.3, -0.25) is 9.59 Å². The Hall–Kier alpha value is -2.35. The zero-order chi connectivity index (χ0) is 20.1. The van der Waals surface area contributed by atoms with Crippen molar-refractivity contribution in [3.05, 3.63) is 17.9 Å². The van der Waals surface area contributed by atoms with E-state index in [2.05, 4.69) is 5.32 Å². The molecule has 0 bridgehead atoms. The Morgan fingerprint density at radius 2 is 1.96 bits per heavy atom. The molecule has 2 unspecified atom stereocenters. The Kier molecular flexibility index (Phi) is 6.72. The van der Waals surface area contributed by atoms with Crippen LogP contribution in [0.25, 0.3) is 0 Å². The second-order valence-electron chi connectivity index (χ2n) is 7.37. The van der Waals surface area contributed by atoms with Crippen LogP contribution in [0, 0.1) is 17.7 Å². The van der Waals surface area contributed by atoms with Gasteiger partial charge < -0.3 is 24.4 Å². The summed E-state index contributed by atoms with van der Waals surface area (Å²) >= 11 is 0. The van der Waals surface area contributed by atoms with Crippen molar-refractivity contribution < 1.29 is 28.2 Å². The Bertz CT molecular complexity index is 721. The number of anilines is 1. The number of amides is 2. The van der Waals surface area contributed by atoms with Gasteiger partial charge >= 0.3 is 11.8 Å². The van der Waals surface area contributed by atoms with Crippen LogP contribution in [0.1, 0.15) is 25.7 Å². The average Bonchev–Trinajstić information content (AvgIpc) is 3.21. The maximum absolute atomic E-state index is 14.2. The number of ether oxygens (including phenoxy) is 3. The number of benzene rings is 1. The van der Waals surface area contributed by atoms with Crippen LogP contribution >= 0.6 is 0 Å². The molecule has 1 aromatic carbocycles. The van der Waals surface area contributed by atoms with Crippen LogP contribution in [0.5, 0.6) is 11.5 Å². The first-order chi connectivity index (χ1) is 13.5. The van der Waals surface area contributed by atoms with E-state index in [-0.39, 0.29) is 17.2 Å². The van der Waals surface area contributed by atoms with Crippen LogP contribution in [0.2, 0.25) is 0 Å². The monoisotopic (exact) mass is 394 g/mol. The molecule has 2 saturated heterocycles. The summed E-state index contributed by atoms with van der Waals surface area (Å²) in [5.74, 6) is -0.804. The van der Waals surface area contributed by atoms with Gasteiger partial charge in [0, 0.05) is 38.4 Å². The van der Waals surface area contributed by atoms with E-state index in [0.717, 1.165) is 45.0 Å². The van der Waals surface area contributed by atoms with Crippen molar-refractivity contribution in [3.63, 3.8) is 0 Å². The highest BCUT2D eigenvalue weighted by molar-refractivity contribution is 6.39. The van der Waals surface area contributed by atoms with Crippen molar-refractivity contribution in [2.75, 3.05) is 45.8 Å². The summed E-state index contributed by atoms with van der Waals surface area (Å²) in [5, 5.41) is 2.36. The number of halogens is 1. The first-order valence-corrected chi connectivity index (χ1v) is 9.61. The van der Waals surface area contributed by atoms with Crippen molar-refractivity contribution in [3.8, 4) is 11.5 Å². The molecular formula is C20H27FN2O5. The van der Waals surface area contributed by atoms with Gasteiger partial charge in [0.1, 0.15) is 0 Å². The largest absolute Gasteiger partial charge is 0.493 e. The number of likely N-dealkylation sites (tertiary alicyclic amines) is 1. The predicted molar refractivity (Wildman–Crippen MR) is 101 cm³/mol. The number of carbonyl (C=O) groups excluding carboxylic acids is 2. The molecule has 2 heterocycles. The highest BCUT2D eigenvalue weighted by Gasteiger charge is 2.30. The minimum Gasteiger partial charge on any atom is -0.493 e. The van der Waals surface area contributed by atoms with Gasteiger partial charge in [-0.15, -0.1) is 0 Å². The minimum atomic E-state index is -0.851. The fraction of sp³-hybridized carbons (Fsp3) is 0.600. The number of rotatable bonds is 5. The first-order valence-electron chi connectivity index (χ1n) is 9.61. The van der Waals surface area contributed by atoms with Gasteiger partial charge in [-0.2, -0.15) is 0 Å². The SMILES string of the molecule is COc1cc(F)c(NC(=O)C(=O)N2CCCC(CC3CCOC3)C2)cc1OC. The fourth-order valence-electron chi connectivity index (χ4n) is 3.95. The molecule has 2 aliphatic rings. The zero-order valence-electron chi connectivity index (χ0n) is 16.3. The Labute approximate surface area is 164 Å². The lowest BCUT2D eigenvalue weighted by Crippen LogP contribution is -2.45. The maximum atomic E-state index is 14.2. The smallest absolute Gasteiger partial charge is 0.313 e. The van der Waals surface area contributed by atoms with E-state index in [0.29, 0.717) is 24.9 Å². The van der Waals surface area contributed by atoms with Gasteiger partial charge in [0.2, 0.25) is 0 Å². The molecule has 0 spiro atoms. The van der Waals surface area contributed by atoms with E-state index in [1.54, 1.807) is 4.90 Å². The van der Waals surface area contributed by atoms with Gasteiger partial charge in [0.05, 0.1) is 19.9 Å². The van der Waals surface area contributed by atoms with E-state index < -0.39 is 17.6 Å². The zero-order valence-corrected chi connectivity index (χ0v) is 16.3. The number of carbonyl (C=O) groups is 2. The number of hydrogen-bond acceptors (Lipinski definition) is 5. The minimum absolute atomic E-state index is 0.118. The normalized spacial score (nSPS) is 22.0. The van der Waals surface area contributed by atoms with Crippen molar-refractivity contribution in [1.82, 2.24) is 4.90 Å². The molecule has 0 aliphatic carbocycles. The highest BCUT2D eigenvalue weighted by Crippen LogP contribution is 2.32. The lowest BCUT2D eigenvalue weighted by Gasteiger charge is -2.33. The van der Waals surface area contributed by atoms with Gasteiger partial charge in [-0.05, 0) is 37.5 Å². The first kappa shape index (κ1) is 20.4. The Morgan fingerprint density at radius 3 is 2.64 bits per heavy atom. The summed E-state index contributed by atoms with van der Waals surface area (Å²) in [5.41, 5.74) is -0.118. The molecule has 0 saturated carbocycles. The number of hydrogen-bond donors (Lipinski definition) is 1. The molecule has 0 aromatic heterocycles. The molecule has 7 nitrogen and oxygen atoms in total. The fourth-order valence-corrected chi connectivity index (χ4v) is 3.95. The third-order valence-corrected chi connectivity index (χ3v) is 5.41. The van der Waals surface area contributed by atoms with Crippen LogP contribution in [-0.2, 0) is 14.3 Å². The van der Waals surface area contributed by atoms with E-state index in [4.69, 9.17) is 14.2 Å². The quantitative estimate of drug-likeness (QED) is 0.777. The van der Waals surface area contributed by atoms with Gasteiger partial charge in [-0.25, -0.2) is 4.39 Å². The molecule has 154 valence electrons. The lowest BCUT2D eigenvalue weighted by molar-refractivity contribution is -0.144. The number of nitrogens with zero attached hydrogens (tertiary/aromatic N) is 1. The van der Waals surface area contributed by atoms with E-state index in [1.807, 2.05) is 0 Å². The van der Waals surface area contributed by atoms with E-state index in [1.165, 1.54) is 20.3 Å². The van der Waals surface area contributed by atoms with Gasteiger partial charge in [0.25, 0.3) is 0 Å². The third-order valence-electron chi connectivity index (χ3n) is 5.41. The molecule has 3 rings (SSSR count). The summed E-state index contributed by atoms with van der Waals surface area (Å²) in [6.07, 6.45) is 3.98.